The summed E-state index contributed by atoms with van der Waals surface area (Å²) in [5.74, 6) is -1.20. The Morgan fingerprint density at radius 2 is 1.89 bits per heavy atom. The van der Waals surface area contributed by atoms with Crippen LogP contribution in [0.15, 0.2) is 36.7 Å². The van der Waals surface area contributed by atoms with Crippen LogP contribution in [0, 0.1) is 11.6 Å². The minimum Gasteiger partial charge on any atom is -0.328 e. The van der Waals surface area contributed by atoms with E-state index in [1.165, 1.54) is 12.1 Å². The molecule has 3 aromatic rings. The SMILES string of the molecule is Fc1cc(F)cc(Cn2ccc3cnc(Cl)nc32)c1. The van der Waals surface area contributed by atoms with E-state index in [-0.39, 0.29) is 5.28 Å². The Balaban J connectivity index is 2.03. The van der Waals surface area contributed by atoms with E-state index in [2.05, 4.69) is 9.97 Å². The Hall–Kier alpha value is -2.01. The van der Waals surface area contributed by atoms with Crippen molar-refractivity contribution < 1.29 is 8.78 Å². The van der Waals surface area contributed by atoms with Crippen molar-refractivity contribution >= 4 is 22.6 Å². The third kappa shape index (κ3) is 2.42. The average molecular weight is 280 g/mol. The smallest absolute Gasteiger partial charge is 0.224 e. The maximum atomic E-state index is 13.1. The minimum atomic E-state index is -0.598. The first-order valence-electron chi connectivity index (χ1n) is 5.54. The van der Waals surface area contributed by atoms with Crippen LogP contribution in [0.1, 0.15) is 5.56 Å². The third-order valence-electron chi connectivity index (χ3n) is 2.75. The second-order valence-corrected chi connectivity index (χ2v) is 4.48. The summed E-state index contributed by atoms with van der Waals surface area (Å²) in [6.45, 7) is 0.311. The Morgan fingerprint density at radius 3 is 2.63 bits per heavy atom. The summed E-state index contributed by atoms with van der Waals surface area (Å²) in [4.78, 5) is 7.98. The molecular formula is C13H8ClF2N3. The molecule has 1 aromatic carbocycles. The van der Waals surface area contributed by atoms with Crippen LogP contribution < -0.4 is 0 Å². The largest absolute Gasteiger partial charge is 0.328 e. The van der Waals surface area contributed by atoms with Crippen molar-refractivity contribution in [1.82, 2.24) is 14.5 Å². The average Bonchev–Trinajstić information content (AvgIpc) is 2.70. The first-order valence-corrected chi connectivity index (χ1v) is 5.92. The van der Waals surface area contributed by atoms with Crippen molar-refractivity contribution in [2.45, 2.75) is 6.54 Å². The van der Waals surface area contributed by atoms with Gasteiger partial charge >= 0.3 is 0 Å². The molecule has 0 spiro atoms. The lowest BCUT2D eigenvalue weighted by Crippen LogP contribution is -2.01. The van der Waals surface area contributed by atoms with Gasteiger partial charge < -0.3 is 4.57 Å². The van der Waals surface area contributed by atoms with Gasteiger partial charge in [-0.2, -0.15) is 4.98 Å². The van der Waals surface area contributed by atoms with Gasteiger partial charge in [0.25, 0.3) is 0 Å². The zero-order valence-electron chi connectivity index (χ0n) is 9.65. The highest BCUT2D eigenvalue weighted by molar-refractivity contribution is 6.28. The predicted octanol–water partition coefficient (Wildman–Crippen LogP) is 3.41. The minimum absolute atomic E-state index is 0.137. The summed E-state index contributed by atoms with van der Waals surface area (Å²) in [7, 11) is 0. The first kappa shape index (κ1) is 12.0. The van der Waals surface area contributed by atoms with Crippen LogP contribution in [0.5, 0.6) is 0 Å². The van der Waals surface area contributed by atoms with E-state index in [4.69, 9.17) is 11.6 Å². The maximum Gasteiger partial charge on any atom is 0.224 e. The van der Waals surface area contributed by atoms with Gasteiger partial charge in [0, 0.05) is 30.4 Å². The molecule has 19 heavy (non-hydrogen) atoms. The van der Waals surface area contributed by atoms with Crippen molar-refractivity contribution in [2.75, 3.05) is 0 Å². The lowest BCUT2D eigenvalue weighted by Gasteiger charge is -2.05. The fourth-order valence-corrected chi connectivity index (χ4v) is 2.11. The number of fused-ring (bicyclic) bond motifs is 1. The van der Waals surface area contributed by atoms with Gasteiger partial charge in [-0.3, -0.25) is 0 Å². The summed E-state index contributed by atoms with van der Waals surface area (Å²) in [5.41, 5.74) is 1.15. The first-order chi connectivity index (χ1) is 9.11. The molecule has 2 heterocycles. The molecule has 0 amide bonds. The van der Waals surface area contributed by atoms with Crippen molar-refractivity contribution in [2.24, 2.45) is 0 Å². The van der Waals surface area contributed by atoms with Gasteiger partial charge in [-0.1, -0.05) is 0 Å². The number of hydrogen-bond donors (Lipinski definition) is 0. The molecule has 0 N–H and O–H groups in total. The van der Waals surface area contributed by atoms with E-state index in [0.29, 0.717) is 17.8 Å². The molecule has 0 unspecified atom stereocenters. The number of nitrogens with zero attached hydrogens (tertiary/aromatic N) is 3. The van der Waals surface area contributed by atoms with Crippen molar-refractivity contribution in [3.05, 3.63) is 59.1 Å². The molecule has 6 heteroatoms. The monoisotopic (exact) mass is 279 g/mol. The van der Waals surface area contributed by atoms with Crippen LogP contribution in [0.4, 0.5) is 8.78 Å². The van der Waals surface area contributed by atoms with Gasteiger partial charge in [0.15, 0.2) is 0 Å². The summed E-state index contributed by atoms with van der Waals surface area (Å²) in [6, 6.07) is 5.24. The van der Waals surface area contributed by atoms with Crippen molar-refractivity contribution in [3.8, 4) is 0 Å². The second-order valence-electron chi connectivity index (χ2n) is 4.14. The topological polar surface area (TPSA) is 30.7 Å². The van der Waals surface area contributed by atoms with E-state index in [1.807, 2.05) is 6.07 Å². The maximum absolute atomic E-state index is 13.1. The zero-order valence-corrected chi connectivity index (χ0v) is 10.4. The third-order valence-corrected chi connectivity index (χ3v) is 2.93. The van der Waals surface area contributed by atoms with Gasteiger partial charge in [-0.15, -0.1) is 0 Å². The highest BCUT2D eigenvalue weighted by Crippen LogP contribution is 2.17. The number of aromatic nitrogens is 3. The van der Waals surface area contributed by atoms with Gasteiger partial charge in [-0.25, -0.2) is 13.8 Å². The molecular weight excluding hydrogens is 272 g/mol. The van der Waals surface area contributed by atoms with Crippen molar-refractivity contribution in [3.63, 3.8) is 0 Å². The predicted molar refractivity (Wildman–Crippen MR) is 68.0 cm³/mol. The van der Waals surface area contributed by atoms with Crippen LogP contribution in [-0.2, 0) is 6.54 Å². The number of hydrogen-bond acceptors (Lipinski definition) is 2. The Labute approximate surface area is 112 Å². The zero-order chi connectivity index (χ0) is 13.4. The lowest BCUT2D eigenvalue weighted by atomic mass is 10.2. The normalized spacial score (nSPS) is 11.1. The molecule has 0 radical (unpaired) electrons. The standard InChI is InChI=1S/C13H8ClF2N3/c14-13-17-6-9-1-2-19(12(9)18-13)7-8-3-10(15)5-11(16)4-8/h1-6H,7H2. The molecule has 0 bridgehead atoms. The van der Waals surface area contributed by atoms with E-state index < -0.39 is 11.6 Å². The van der Waals surface area contributed by atoms with Crippen molar-refractivity contribution in [1.29, 1.82) is 0 Å². The number of halogens is 3. The van der Waals surface area contributed by atoms with Crippen LogP contribution in [0.3, 0.4) is 0 Å². The molecule has 0 saturated heterocycles. The van der Waals surface area contributed by atoms with Crippen LogP contribution in [0.2, 0.25) is 5.28 Å². The molecule has 0 aliphatic carbocycles. The lowest BCUT2D eigenvalue weighted by molar-refractivity contribution is 0.578. The van der Waals surface area contributed by atoms with E-state index in [0.717, 1.165) is 11.5 Å². The molecule has 0 saturated carbocycles. The summed E-state index contributed by atoms with van der Waals surface area (Å²) >= 11 is 5.75. The van der Waals surface area contributed by atoms with E-state index in [9.17, 15) is 8.78 Å². The Kier molecular flexibility index (Phi) is 2.91. The van der Waals surface area contributed by atoms with Gasteiger partial charge in [0.05, 0.1) is 0 Å². The molecule has 96 valence electrons. The van der Waals surface area contributed by atoms with Gasteiger partial charge in [0.1, 0.15) is 17.3 Å². The quantitative estimate of drug-likeness (QED) is 0.673. The molecule has 3 nitrogen and oxygen atoms in total. The molecule has 2 aromatic heterocycles. The van der Waals surface area contributed by atoms with E-state index >= 15 is 0 Å². The summed E-state index contributed by atoms with van der Waals surface area (Å²) < 4.78 is 28.0. The highest BCUT2D eigenvalue weighted by atomic mass is 35.5. The van der Waals surface area contributed by atoms with Crippen LogP contribution in [-0.4, -0.2) is 14.5 Å². The Morgan fingerprint density at radius 1 is 1.16 bits per heavy atom. The highest BCUT2D eigenvalue weighted by Gasteiger charge is 2.06. The summed E-state index contributed by atoms with van der Waals surface area (Å²) in [5, 5.41) is 0.958. The van der Waals surface area contributed by atoms with Crippen LogP contribution in [0.25, 0.3) is 11.0 Å². The fourth-order valence-electron chi connectivity index (χ4n) is 1.98. The molecule has 0 aliphatic rings. The summed E-state index contributed by atoms with van der Waals surface area (Å²) in [6.07, 6.45) is 3.38. The van der Waals surface area contributed by atoms with Crippen LogP contribution >= 0.6 is 11.6 Å². The fraction of sp³-hybridized carbons (Fsp3) is 0.0769. The van der Waals surface area contributed by atoms with Gasteiger partial charge in [0.2, 0.25) is 5.28 Å². The number of rotatable bonds is 2. The second kappa shape index (κ2) is 4.59. The van der Waals surface area contributed by atoms with E-state index in [1.54, 1.807) is 17.0 Å². The molecule has 0 aliphatic heterocycles. The Bertz CT molecular complexity index is 734. The molecule has 0 atom stereocenters. The molecule has 3 rings (SSSR count). The molecule has 0 fully saturated rings. The van der Waals surface area contributed by atoms with Gasteiger partial charge in [-0.05, 0) is 35.4 Å². The number of benzene rings is 1.